The molecule has 0 spiro atoms. The Kier molecular flexibility index (Phi) is 5.77. The summed E-state index contributed by atoms with van der Waals surface area (Å²) in [5, 5.41) is 14.3. The lowest BCUT2D eigenvalue weighted by Crippen LogP contribution is -2.24. The van der Waals surface area contributed by atoms with Crippen molar-refractivity contribution in [1.82, 2.24) is 0 Å². The van der Waals surface area contributed by atoms with Crippen molar-refractivity contribution in [3.05, 3.63) is 32.8 Å². The van der Waals surface area contributed by atoms with E-state index in [4.69, 9.17) is 16.3 Å². The van der Waals surface area contributed by atoms with Gasteiger partial charge in [-0.1, -0.05) is 25.4 Å². The zero-order valence-electron chi connectivity index (χ0n) is 12.3. The third kappa shape index (κ3) is 4.65. The van der Waals surface area contributed by atoms with Crippen LogP contribution in [0.15, 0.2) is 12.1 Å². The van der Waals surface area contributed by atoms with Crippen molar-refractivity contribution in [2.24, 2.45) is 5.41 Å². The predicted molar refractivity (Wildman–Crippen MR) is 81.6 cm³/mol. The zero-order valence-corrected chi connectivity index (χ0v) is 13.1. The van der Waals surface area contributed by atoms with Gasteiger partial charge < -0.3 is 10.1 Å². The molecular formula is C14H21ClN2O3. The Labute approximate surface area is 124 Å². The Bertz CT molecular complexity index is 490. The molecule has 1 aromatic rings. The van der Waals surface area contributed by atoms with Gasteiger partial charge in [0.15, 0.2) is 0 Å². The van der Waals surface area contributed by atoms with Gasteiger partial charge in [0.25, 0.3) is 5.69 Å². The molecule has 112 valence electrons. The minimum atomic E-state index is -0.471. The second-order valence-corrected chi connectivity index (χ2v) is 6.04. The molecule has 20 heavy (non-hydrogen) atoms. The lowest BCUT2D eigenvalue weighted by atomic mass is 9.89. The summed E-state index contributed by atoms with van der Waals surface area (Å²) in [5.41, 5.74) is 1.64. The summed E-state index contributed by atoms with van der Waals surface area (Å²) < 4.78 is 5.09. The summed E-state index contributed by atoms with van der Waals surface area (Å²) in [5.74, 6) is 0. The van der Waals surface area contributed by atoms with Crippen molar-refractivity contribution in [1.29, 1.82) is 0 Å². The number of rotatable bonds is 7. The van der Waals surface area contributed by atoms with Crippen LogP contribution in [0, 0.1) is 22.5 Å². The van der Waals surface area contributed by atoms with E-state index in [2.05, 4.69) is 19.2 Å². The molecule has 5 nitrogen and oxygen atoms in total. The van der Waals surface area contributed by atoms with Crippen molar-refractivity contribution in [2.75, 3.05) is 25.6 Å². The molecule has 0 fully saturated rings. The maximum atomic E-state index is 10.8. The lowest BCUT2D eigenvalue weighted by molar-refractivity contribution is -0.384. The number of hydrogen-bond acceptors (Lipinski definition) is 4. The van der Waals surface area contributed by atoms with Gasteiger partial charge in [-0.2, -0.15) is 0 Å². The van der Waals surface area contributed by atoms with Crippen LogP contribution in [0.25, 0.3) is 0 Å². The number of nitro benzene ring substituents is 1. The SMILES string of the molecule is COCCC(C)(C)CNc1cc(Cl)c([N+](=O)[O-])cc1C. The van der Waals surface area contributed by atoms with Gasteiger partial charge in [0.1, 0.15) is 5.02 Å². The Morgan fingerprint density at radius 3 is 2.65 bits per heavy atom. The van der Waals surface area contributed by atoms with E-state index in [0.717, 1.165) is 24.2 Å². The van der Waals surface area contributed by atoms with E-state index in [0.29, 0.717) is 6.61 Å². The first-order chi connectivity index (χ1) is 9.26. The number of hydrogen-bond donors (Lipinski definition) is 1. The molecule has 6 heteroatoms. The second-order valence-electron chi connectivity index (χ2n) is 5.64. The fraction of sp³-hybridized carbons (Fsp3) is 0.571. The van der Waals surface area contributed by atoms with Crippen molar-refractivity contribution in [3.63, 3.8) is 0 Å². The van der Waals surface area contributed by atoms with E-state index < -0.39 is 4.92 Å². The predicted octanol–water partition coefficient (Wildman–Crippen LogP) is 4.03. The normalized spacial score (nSPS) is 11.4. The van der Waals surface area contributed by atoms with Crippen LogP contribution < -0.4 is 5.32 Å². The molecule has 0 radical (unpaired) electrons. The molecule has 0 saturated heterocycles. The molecule has 1 rings (SSSR count). The molecule has 0 saturated carbocycles. The van der Waals surface area contributed by atoms with E-state index in [9.17, 15) is 10.1 Å². The second kappa shape index (κ2) is 6.90. The monoisotopic (exact) mass is 300 g/mol. The van der Waals surface area contributed by atoms with E-state index in [1.54, 1.807) is 13.2 Å². The number of nitrogens with one attached hydrogen (secondary N) is 1. The Hall–Kier alpha value is -1.33. The highest BCUT2D eigenvalue weighted by Crippen LogP contribution is 2.31. The topological polar surface area (TPSA) is 64.4 Å². The summed E-state index contributed by atoms with van der Waals surface area (Å²) in [6.45, 7) is 7.55. The first kappa shape index (κ1) is 16.7. The maximum absolute atomic E-state index is 10.8. The van der Waals surface area contributed by atoms with Gasteiger partial charge in [-0.3, -0.25) is 10.1 Å². The Morgan fingerprint density at radius 1 is 1.45 bits per heavy atom. The van der Waals surface area contributed by atoms with Crippen molar-refractivity contribution < 1.29 is 9.66 Å². The first-order valence-electron chi connectivity index (χ1n) is 6.44. The molecule has 0 amide bonds. The third-order valence-electron chi connectivity index (χ3n) is 3.23. The molecule has 0 aromatic heterocycles. The van der Waals surface area contributed by atoms with Crippen LogP contribution in [0.2, 0.25) is 5.02 Å². The maximum Gasteiger partial charge on any atom is 0.288 e. The van der Waals surface area contributed by atoms with E-state index in [1.165, 1.54) is 6.07 Å². The average Bonchev–Trinajstić information content (AvgIpc) is 2.36. The lowest BCUT2D eigenvalue weighted by Gasteiger charge is -2.25. The Balaban J connectivity index is 2.79. The van der Waals surface area contributed by atoms with Crippen LogP contribution in [0.5, 0.6) is 0 Å². The van der Waals surface area contributed by atoms with E-state index in [1.807, 2.05) is 6.92 Å². The Morgan fingerprint density at radius 2 is 2.10 bits per heavy atom. The summed E-state index contributed by atoms with van der Waals surface area (Å²) in [7, 11) is 1.68. The summed E-state index contributed by atoms with van der Waals surface area (Å²) in [6, 6.07) is 3.11. The van der Waals surface area contributed by atoms with Gasteiger partial charge in [0.05, 0.1) is 4.92 Å². The molecule has 0 aliphatic rings. The van der Waals surface area contributed by atoms with Crippen LogP contribution in [-0.2, 0) is 4.74 Å². The highest BCUT2D eigenvalue weighted by atomic mass is 35.5. The molecular weight excluding hydrogens is 280 g/mol. The minimum Gasteiger partial charge on any atom is -0.385 e. The molecule has 0 aliphatic carbocycles. The number of nitro groups is 1. The highest BCUT2D eigenvalue weighted by molar-refractivity contribution is 6.33. The zero-order chi connectivity index (χ0) is 15.3. The van der Waals surface area contributed by atoms with Crippen LogP contribution >= 0.6 is 11.6 Å². The largest absolute Gasteiger partial charge is 0.385 e. The number of nitrogens with zero attached hydrogens (tertiary/aromatic N) is 1. The minimum absolute atomic E-state index is 0.0617. The summed E-state index contributed by atoms with van der Waals surface area (Å²) in [4.78, 5) is 10.3. The van der Waals surface area contributed by atoms with Crippen molar-refractivity contribution in [2.45, 2.75) is 27.2 Å². The number of anilines is 1. The van der Waals surface area contributed by atoms with Crippen LogP contribution in [0.3, 0.4) is 0 Å². The molecule has 0 unspecified atom stereocenters. The number of benzene rings is 1. The smallest absolute Gasteiger partial charge is 0.288 e. The quantitative estimate of drug-likeness (QED) is 0.610. The standard InChI is InChI=1S/C14H21ClN2O3/c1-10-7-13(17(18)19)11(15)8-12(10)16-9-14(2,3)5-6-20-4/h7-8,16H,5-6,9H2,1-4H3. The molecule has 0 bridgehead atoms. The van der Waals surface area contributed by atoms with Crippen molar-refractivity contribution >= 4 is 23.0 Å². The molecule has 0 heterocycles. The number of aryl methyl sites for hydroxylation is 1. The van der Waals surface area contributed by atoms with Crippen LogP contribution in [-0.4, -0.2) is 25.2 Å². The number of methoxy groups -OCH3 is 1. The van der Waals surface area contributed by atoms with E-state index in [-0.39, 0.29) is 16.1 Å². The van der Waals surface area contributed by atoms with Crippen LogP contribution in [0.4, 0.5) is 11.4 Å². The fourth-order valence-electron chi connectivity index (χ4n) is 1.80. The average molecular weight is 301 g/mol. The fourth-order valence-corrected chi connectivity index (χ4v) is 2.03. The van der Waals surface area contributed by atoms with Gasteiger partial charge in [-0.05, 0) is 30.4 Å². The number of ether oxygens (including phenoxy) is 1. The van der Waals surface area contributed by atoms with Gasteiger partial charge in [-0.15, -0.1) is 0 Å². The molecule has 1 N–H and O–H groups in total. The third-order valence-corrected chi connectivity index (χ3v) is 3.53. The highest BCUT2D eigenvalue weighted by Gasteiger charge is 2.19. The summed E-state index contributed by atoms with van der Waals surface area (Å²) >= 11 is 5.93. The van der Waals surface area contributed by atoms with Crippen molar-refractivity contribution in [3.8, 4) is 0 Å². The molecule has 0 atom stereocenters. The van der Waals surface area contributed by atoms with Gasteiger partial charge in [-0.25, -0.2) is 0 Å². The van der Waals surface area contributed by atoms with Gasteiger partial charge in [0.2, 0.25) is 0 Å². The molecule has 1 aromatic carbocycles. The van der Waals surface area contributed by atoms with E-state index >= 15 is 0 Å². The number of halogens is 1. The van der Waals surface area contributed by atoms with Crippen LogP contribution in [0.1, 0.15) is 25.8 Å². The summed E-state index contributed by atoms with van der Waals surface area (Å²) in [6.07, 6.45) is 0.927. The first-order valence-corrected chi connectivity index (χ1v) is 6.82. The van der Waals surface area contributed by atoms with Gasteiger partial charge in [0, 0.05) is 32.0 Å². The van der Waals surface area contributed by atoms with Gasteiger partial charge >= 0.3 is 0 Å². The molecule has 0 aliphatic heterocycles.